The summed E-state index contributed by atoms with van der Waals surface area (Å²) in [7, 11) is 0. The first kappa shape index (κ1) is 16.7. The Morgan fingerprint density at radius 3 is 2.71 bits per heavy atom. The zero-order chi connectivity index (χ0) is 17.5. The molecule has 9 heteroatoms. The smallest absolute Gasteiger partial charge is 0.320 e. The van der Waals surface area contributed by atoms with Crippen molar-refractivity contribution in [3.63, 3.8) is 0 Å². The van der Waals surface area contributed by atoms with Gasteiger partial charge in [0.1, 0.15) is 0 Å². The molecule has 0 saturated heterocycles. The molecule has 2 aromatic rings. The van der Waals surface area contributed by atoms with Crippen LogP contribution < -0.4 is 5.32 Å². The highest BCUT2D eigenvalue weighted by Gasteiger charge is 2.36. The van der Waals surface area contributed by atoms with Crippen molar-refractivity contribution in [2.75, 3.05) is 11.9 Å². The predicted octanol–water partition coefficient (Wildman–Crippen LogP) is 3.76. The largest absolute Gasteiger partial charge is 0.445 e. The summed E-state index contributed by atoms with van der Waals surface area (Å²) in [4.78, 5) is 13.8. The summed E-state index contributed by atoms with van der Waals surface area (Å²) in [6, 6.07) is 3.67. The maximum atomic E-state index is 12.5. The summed E-state index contributed by atoms with van der Waals surface area (Å²) in [5, 5.41) is 7.60. The Kier molecular flexibility index (Phi) is 4.20. The van der Waals surface area contributed by atoms with Gasteiger partial charge in [0.2, 0.25) is 10.1 Å². The van der Waals surface area contributed by atoms with Crippen LogP contribution >= 0.6 is 11.3 Å². The van der Waals surface area contributed by atoms with E-state index in [1.807, 2.05) is 19.9 Å². The van der Waals surface area contributed by atoms with Crippen LogP contribution in [0.3, 0.4) is 0 Å². The van der Waals surface area contributed by atoms with E-state index >= 15 is 0 Å². The Bertz CT molecular complexity index is 788. The van der Waals surface area contributed by atoms with Crippen LogP contribution in [0.15, 0.2) is 12.1 Å². The number of hydrogen-bond acceptors (Lipinski definition) is 4. The Balaban J connectivity index is 1.71. The van der Waals surface area contributed by atoms with Crippen molar-refractivity contribution in [2.24, 2.45) is 0 Å². The molecular formula is C15H15F3N4OS. The van der Waals surface area contributed by atoms with Crippen LogP contribution in [0.25, 0.3) is 0 Å². The summed E-state index contributed by atoms with van der Waals surface area (Å²) in [5.74, 6) is 0. The average molecular weight is 356 g/mol. The van der Waals surface area contributed by atoms with Gasteiger partial charge in [-0.3, -0.25) is 5.32 Å². The van der Waals surface area contributed by atoms with Gasteiger partial charge in [-0.15, -0.1) is 10.2 Å². The lowest BCUT2D eigenvalue weighted by molar-refractivity contribution is -0.138. The molecular weight excluding hydrogens is 341 g/mol. The first-order valence-corrected chi connectivity index (χ1v) is 8.11. The molecule has 0 fully saturated rings. The fraction of sp³-hybridized carbons (Fsp3) is 0.400. The van der Waals surface area contributed by atoms with Crippen LogP contribution in [0, 0.1) is 13.8 Å². The van der Waals surface area contributed by atoms with Gasteiger partial charge < -0.3 is 4.90 Å². The minimum absolute atomic E-state index is 0.154. The molecule has 1 N–H and O–H groups in total. The standard InChI is InChI=1S/C15H15F3N4OS/c1-8-5-9(2)11-3-4-22(7-10(11)6-8)14(23)19-13-21-20-12(24-13)15(16,17)18/h5-6H,3-4,7H2,1-2H3,(H,19,21,23). The molecule has 24 heavy (non-hydrogen) atoms. The van der Waals surface area contributed by atoms with Gasteiger partial charge in [0.15, 0.2) is 0 Å². The van der Waals surface area contributed by atoms with Gasteiger partial charge in [-0.05, 0) is 37.0 Å². The fourth-order valence-corrected chi connectivity index (χ4v) is 3.45. The van der Waals surface area contributed by atoms with E-state index in [2.05, 4.69) is 21.6 Å². The van der Waals surface area contributed by atoms with Crippen molar-refractivity contribution in [1.82, 2.24) is 15.1 Å². The van der Waals surface area contributed by atoms with Gasteiger partial charge in [-0.25, -0.2) is 4.79 Å². The van der Waals surface area contributed by atoms with Gasteiger partial charge in [0.25, 0.3) is 0 Å². The molecule has 1 aromatic carbocycles. The number of halogens is 3. The van der Waals surface area contributed by atoms with Gasteiger partial charge in [-0.1, -0.05) is 29.0 Å². The number of aryl methyl sites for hydroxylation is 2. The number of carbonyl (C=O) groups is 1. The van der Waals surface area contributed by atoms with E-state index in [9.17, 15) is 18.0 Å². The maximum absolute atomic E-state index is 12.5. The SMILES string of the molecule is Cc1cc(C)c2c(c1)CN(C(=O)Nc1nnc(C(F)(F)F)s1)CC2. The van der Waals surface area contributed by atoms with Crippen molar-refractivity contribution in [3.05, 3.63) is 39.4 Å². The van der Waals surface area contributed by atoms with Crippen LogP contribution in [-0.2, 0) is 19.1 Å². The first-order valence-electron chi connectivity index (χ1n) is 7.29. The lowest BCUT2D eigenvalue weighted by Gasteiger charge is -2.30. The maximum Gasteiger partial charge on any atom is 0.445 e. The minimum atomic E-state index is -4.56. The number of nitrogens with one attached hydrogen (secondary N) is 1. The third kappa shape index (κ3) is 3.35. The van der Waals surface area contributed by atoms with E-state index < -0.39 is 17.2 Å². The Labute approximate surface area is 140 Å². The van der Waals surface area contributed by atoms with E-state index in [0.29, 0.717) is 24.4 Å². The molecule has 1 aromatic heterocycles. The van der Waals surface area contributed by atoms with Crippen LogP contribution in [0.4, 0.5) is 23.1 Å². The van der Waals surface area contributed by atoms with E-state index in [0.717, 1.165) is 17.5 Å². The zero-order valence-corrected chi connectivity index (χ0v) is 13.9. The number of anilines is 1. The van der Waals surface area contributed by atoms with E-state index in [-0.39, 0.29) is 5.13 Å². The molecule has 0 atom stereocenters. The highest BCUT2D eigenvalue weighted by atomic mass is 32.1. The fourth-order valence-electron chi connectivity index (χ4n) is 2.85. The number of amides is 2. The lowest BCUT2D eigenvalue weighted by Crippen LogP contribution is -2.39. The molecule has 3 rings (SSSR count). The molecule has 2 heterocycles. The number of fused-ring (bicyclic) bond motifs is 1. The van der Waals surface area contributed by atoms with Gasteiger partial charge in [0.05, 0.1) is 0 Å². The molecule has 0 bridgehead atoms. The summed E-state index contributed by atoms with van der Waals surface area (Å²) < 4.78 is 37.6. The number of urea groups is 1. The summed E-state index contributed by atoms with van der Waals surface area (Å²) in [6.45, 7) is 4.97. The van der Waals surface area contributed by atoms with E-state index in [1.54, 1.807) is 4.90 Å². The molecule has 1 aliphatic rings. The second-order valence-corrected chi connectivity index (χ2v) is 6.71. The Hall–Kier alpha value is -2.16. The van der Waals surface area contributed by atoms with Crippen molar-refractivity contribution < 1.29 is 18.0 Å². The van der Waals surface area contributed by atoms with Crippen LogP contribution in [-0.4, -0.2) is 27.7 Å². The monoisotopic (exact) mass is 356 g/mol. The number of rotatable bonds is 1. The third-order valence-corrected chi connectivity index (χ3v) is 4.75. The van der Waals surface area contributed by atoms with Crippen molar-refractivity contribution in [1.29, 1.82) is 0 Å². The van der Waals surface area contributed by atoms with Gasteiger partial charge >= 0.3 is 12.2 Å². The molecule has 0 saturated carbocycles. The number of hydrogen-bond donors (Lipinski definition) is 1. The lowest BCUT2D eigenvalue weighted by atomic mass is 9.93. The number of aromatic nitrogens is 2. The van der Waals surface area contributed by atoms with Crippen molar-refractivity contribution in [2.45, 2.75) is 33.0 Å². The number of carbonyl (C=O) groups excluding carboxylic acids is 1. The summed E-state index contributed by atoms with van der Waals surface area (Å²) in [5.41, 5.74) is 4.62. The van der Waals surface area contributed by atoms with Crippen LogP contribution in [0.2, 0.25) is 0 Å². The van der Waals surface area contributed by atoms with Crippen molar-refractivity contribution in [3.8, 4) is 0 Å². The second-order valence-electron chi connectivity index (χ2n) is 5.73. The third-order valence-electron chi connectivity index (χ3n) is 3.87. The first-order chi connectivity index (χ1) is 11.2. The molecule has 0 unspecified atom stereocenters. The molecule has 0 aliphatic carbocycles. The number of benzene rings is 1. The predicted molar refractivity (Wildman–Crippen MR) is 84.0 cm³/mol. The van der Waals surface area contributed by atoms with E-state index in [4.69, 9.17) is 0 Å². The van der Waals surface area contributed by atoms with Gasteiger partial charge in [-0.2, -0.15) is 13.2 Å². The highest BCUT2D eigenvalue weighted by molar-refractivity contribution is 7.15. The van der Waals surface area contributed by atoms with E-state index in [1.165, 1.54) is 11.1 Å². The Morgan fingerprint density at radius 1 is 1.29 bits per heavy atom. The molecule has 2 amide bonds. The molecule has 128 valence electrons. The Morgan fingerprint density at radius 2 is 2.04 bits per heavy atom. The molecule has 5 nitrogen and oxygen atoms in total. The second kappa shape index (κ2) is 6.04. The number of alkyl halides is 3. The zero-order valence-electron chi connectivity index (χ0n) is 13.1. The quantitative estimate of drug-likeness (QED) is 0.846. The average Bonchev–Trinajstić information content (AvgIpc) is 2.95. The topological polar surface area (TPSA) is 58.1 Å². The molecule has 0 spiro atoms. The molecule has 1 aliphatic heterocycles. The van der Waals surface area contributed by atoms with Gasteiger partial charge in [0, 0.05) is 13.1 Å². The minimum Gasteiger partial charge on any atom is -0.320 e. The summed E-state index contributed by atoms with van der Waals surface area (Å²) in [6.07, 6.45) is -3.83. The van der Waals surface area contributed by atoms with Crippen molar-refractivity contribution >= 4 is 22.5 Å². The van der Waals surface area contributed by atoms with Crippen LogP contribution in [0.1, 0.15) is 27.3 Å². The number of nitrogens with zero attached hydrogens (tertiary/aromatic N) is 3. The normalized spacial score (nSPS) is 14.5. The summed E-state index contributed by atoms with van der Waals surface area (Å²) >= 11 is 0.317. The molecule has 0 radical (unpaired) electrons. The van der Waals surface area contributed by atoms with Crippen LogP contribution in [0.5, 0.6) is 0 Å². The highest BCUT2D eigenvalue weighted by Crippen LogP contribution is 2.33.